The van der Waals surface area contributed by atoms with Gasteiger partial charge >= 0.3 is 5.91 Å². The molecule has 1 aromatic heterocycles. The van der Waals surface area contributed by atoms with E-state index >= 15 is 0 Å². The van der Waals surface area contributed by atoms with Crippen molar-refractivity contribution in [3.05, 3.63) is 23.2 Å². The van der Waals surface area contributed by atoms with Gasteiger partial charge in [-0.05, 0) is 13.0 Å². The highest BCUT2D eigenvalue weighted by Crippen LogP contribution is 2.14. The fourth-order valence-corrected chi connectivity index (χ4v) is 0.995. The Morgan fingerprint density at radius 1 is 1.29 bits per heavy atom. The zero-order chi connectivity index (χ0) is 10.7. The van der Waals surface area contributed by atoms with Gasteiger partial charge in [0.2, 0.25) is 5.76 Å². The van der Waals surface area contributed by atoms with Crippen molar-refractivity contribution >= 4 is 11.8 Å². The molecule has 7 heteroatoms. The Hall–Kier alpha value is -1.86. The quantitative estimate of drug-likeness (QED) is 0.270. The second-order valence-electron chi connectivity index (χ2n) is 2.55. The van der Waals surface area contributed by atoms with Crippen LogP contribution in [0.1, 0.15) is 26.7 Å². The highest BCUT2D eigenvalue weighted by atomic mass is 16.4. The van der Waals surface area contributed by atoms with Crippen LogP contribution in [0.15, 0.2) is 10.5 Å². The van der Waals surface area contributed by atoms with E-state index in [4.69, 9.17) is 16.1 Å². The maximum absolute atomic E-state index is 11.2. The third-order valence-electron chi connectivity index (χ3n) is 1.57. The minimum absolute atomic E-state index is 0.0490. The molecule has 1 heterocycles. The Kier molecular flexibility index (Phi) is 2.85. The summed E-state index contributed by atoms with van der Waals surface area (Å²) in [7, 11) is 0. The van der Waals surface area contributed by atoms with Crippen LogP contribution in [0.4, 0.5) is 0 Å². The van der Waals surface area contributed by atoms with Crippen molar-refractivity contribution in [3.8, 4) is 0 Å². The number of aryl methyl sites for hydroxylation is 1. The van der Waals surface area contributed by atoms with Crippen LogP contribution in [-0.2, 0) is 0 Å². The summed E-state index contributed by atoms with van der Waals surface area (Å²) in [5.41, 5.74) is 3.80. The van der Waals surface area contributed by atoms with Gasteiger partial charge in [-0.2, -0.15) is 0 Å². The second-order valence-corrected chi connectivity index (χ2v) is 2.55. The van der Waals surface area contributed by atoms with Crippen molar-refractivity contribution in [3.63, 3.8) is 0 Å². The average molecular weight is 198 g/mol. The minimum atomic E-state index is -0.684. The number of rotatable bonds is 2. The van der Waals surface area contributed by atoms with Gasteiger partial charge < -0.3 is 4.42 Å². The molecule has 0 unspecified atom stereocenters. The van der Waals surface area contributed by atoms with E-state index in [1.54, 1.807) is 6.92 Å². The molecule has 0 radical (unpaired) electrons. The molecule has 0 saturated heterocycles. The summed E-state index contributed by atoms with van der Waals surface area (Å²) >= 11 is 0. The molecule has 0 aliphatic rings. The van der Waals surface area contributed by atoms with Gasteiger partial charge in [0.05, 0.1) is 5.56 Å². The first-order valence-corrected chi connectivity index (χ1v) is 3.72. The summed E-state index contributed by atoms with van der Waals surface area (Å²) in [5, 5.41) is 0. The summed E-state index contributed by atoms with van der Waals surface area (Å²) in [6.45, 7) is 1.60. The monoisotopic (exact) mass is 198 g/mol. The lowest BCUT2D eigenvalue weighted by atomic mass is 10.2. The van der Waals surface area contributed by atoms with E-state index in [2.05, 4.69) is 0 Å². The molecule has 1 aromatic rings. The van der Waals surface area contributed by atoms with Crippen molar-refractivity contribution in [1.29, 1.82) is 0 Å². The molecule has 0 aliphatic carbocycles. The molecule has 0 bridgehead atoms. The molecule has 0 spiro atoms. The molecule has 0 aliphatic heterocycles. The topological polar surface area (TPSA) is 123 Å². The molecule has 1 rings (SSSR count). The van der Waals surface area contributed by atoms with Gasteiger partial charge in [-0.25, -0.2) is 11.7 Å². The second kappa shape index (κ2) is 3.90. The van der Waals surface area contributed by atoms with Crippen LogP contribution in [0, 0.1) is 6.92 Å². The van der Waals surface area contributed by atoms with E-state index in [0.29, 0.717) is 5.76 Å². The highest BCUT2D eigenvalue weighted by Gasteiger charge is 2.20. The number of hydrazine groups is 2. The first-order chi connectivity index (χ1) is 6.60. The normalized spacial score (nSPS) is 9.64. The van der Waals surface area contributed by atoms with Crippen molar-refractivity contribution < 1.29 is 14.0 Å². The lowest BCUT2D eigenvalue weighted by Crippen LogP contribution is -2.34. The third-order valence-corrected chi connectivity index (χ3v) is 1.57. The molecule has 0 saturated carbocycles. The molecule has 0 aromatic carbocycles. The van der Waals surface area contributed by atoms with Crippen LogP contribution in [0.3, 0.4) is 0 Å². The molecular formula is C7H10N4O3. The largest absolute Gasteiger partial charge is 0.455 e. The molecular weight excluding hydrogens is 188 g/mol. The van der Waals surface area contributed by atoms with Crippen molar-refractivity contribution in [2.45, 2.75) is 6.92 Å². The van der Waals surface area contributed by atoms with Gasteiger partial charge in [-0.1, -0.05) is 0 Å². The summed E-state index contributed by atoms with van der Waals surface area (Å²) in [6, 6.07) is 1.40. The van der Waals surface area contributed by atoms with Crippen molar-refractivity contribution in [1.82, 2.24) is 10.9 Å². The molecule has 6 N–H and O–H groups in total. The van der Waals surface area contributed by atoms with E-state index in [-0.39, 0.29) is 11.3 Å². The number of nitrogens with one attached hydrogen (secondary N) is 2. The first kappa shape index (κ1) is 10.2. The number of nitrogen functional groups attached to an aromatic ring is 2. The van der Waals surface area contributed by atoms with Gasteiger partial charge in [0.15, 0.2) is 0 Å². The van der Waals surface area contributed by atoms with Gasteiger partial charge in [0, 0.05) is 0 Å². The SMILES string of the molecule is Cc1cc(C(=O)NN)c(C(=O)NN)o1. The van der Waals surface area contributed by atoms with Crippen molar-refractivity contribution in [2.75, 3.05) is 0 Å². The maximum atomic E-state index is 11.2. The van der Waals surface area contributed by atoms with E-state index < -0.39 is 11.8 Å². The Bertz CT molecular complexity index is 338. The van der Waals surface area contributed by atoms with E-state index in [1.165, 1.54) is 6.07 Å². The van der Waals surface area contributed by atoms with Crippen LogP contribution >= 0.6 is 0 Å². The summed E-state index contributed by atoms with van der Waals surface area (Å²) < 4.78 is 4.98. The van der Waals surface area contributed by atoms with Gasteiger partial charge in [-0.15, -0.1) is 0 Å². The fraction of sp³-hybridized carbons (Fsp3) is 0.143. The Morgan fingerprint density at radius 3 is 2.36 bits per heavy atom. The Labute approximate surface area is 79.4 Å². The lowest BCUT2D eigenvalue weighted by molar-refractivity contribution is 0.0898. The van der Waals surface area contributed by atoms with Gasteiger partial charge in [0.25, 0.3) is 5.91 Å². The molecule has 0 fully saturated rings. The van der Waals surface area contributed by atoms with E-state index in [1.807, 2.05) is 10.9 Å². The minimum Gasteiger partial charge on any atom is -0.455 e. The molecule has 14 heavy (non-hydrogen) atoms. The number of carbonyl (C=O) groups excluding carboxylic acids is 2. The molecule has 2 amide bonds. The first-order valence-electron chi connectivity index (χ1n) is 3.72. The number of amides is 2. The number of hydrogen-bond donors (Lipinski definition) is 4. The van der Waals surface area contributed by atoms with Gasteiger partial charge in [0.1, 0.15) is 5.76 Å². The number of carbonyl (C=O) groups is 2. The zero-order valence-electron chi connectivity index (χ0n) is 7.46. The standard InChI is InChI=1S/C7H10N4O3/c1-3-2-4(6(12)10-8)5(14-3)7(13)11-9/h2H,8-9H2,1H3,(H,10,12)(H,11,13). The molecule has 0 atom stereocenters. The van der Waals surface area contributed by atoms with E-state index in [9.17, 15) is 9.59 Å². The predicted octanol–water partition coefficient (Wildman–Crippen LogP) is -1.20. The third kappa shape index (κ3) is 1.73. The van der Waals surface area contributed by atoms with Crippen LogP contribution in [-0.4, -0.2) is 11.8 Å². The summed E-state index contributed by atoms with van der Waals surface area (Å²) in [4.78, 5) is 22.3. The number of furan rings is 1. The lowest BCUT2D eigenvalue weighted by Gasteiger charge is -1.98. The zero-order valence-corrected chi connectivity index (χ0v) is 7.46. The number of nitrogens with two attached hydrogens (primary N) is 2. The van der Waals surface area contributed by atoms with Crippen molar-refractivity contribution in [2.24, 2.45) is 11.7 Å². The Balaban J connectivity index is 3.15. The highest BCUT2D eigenvalue weighted by molar-refractivity contribution is 6.05. The van der Waals surface area contributed by atoms with Crippen LogP contribution in [0.5, 0.6) is 0 Å². The Morgan fingerprint density at radius 2 is 1.86 bits per heavy atom. The van der Waals surface area contributed by atoms with E-state index in [0.717, 1.165) is 0 Å². The average Bonchev–Trinajstić information content (AvgIpc) is 2.58. The molecule has 76 valence electrons. The predicted molar refractivity (Wildman–Crippen MR) is 46.8 cm³/mol. The number of hydrogen-bond acceptors (Lipinski definition) is 5. The smallest absolute Gasteiger partial charge is 0.301 e. The van der Waals surface area contributed by atoms with Gasteiger partial charge in [-0.3, -0.25) is 20.4 Å². The summed E-state index contributed by atoms with van der Waals surface area (Å²) in [5.74, 6) is 8.79. The van der Waals surface area contributed by atoms with Crippen LogP contribution in [0.2, 0.25) is 0 Å². The van der Waals surface area contributed by atoms with Crippen LogP contribution < -0.4 is 22.5 Å². The van der Waals surface area contributed by atoms with Crippen LogP contribution in [0.25, 0.3) is 0 Å². The summed E-state index contributed by atoms with van der Waals surface area (Å²) in [6.07, 6.45) is 0. The molecule has 7 nitrogen and oxygen atoms in total. The fourth-order valence-electron chi connectivity index (χ4n) is 0.995. The maximum Gasteiger partial charge on any atom is 0.301 e.